The van der Waals surface area contributed by atoms with E-state index in [1.807, 2.05) is 9.47 Å². The van der Waals surface area contributed by atoms with Crippen LogP contribution in [0.2, 0.25) is 0 Å². The summed E-state index contributed by atoms with van der Waals surface area (Å²) < 4.78 is 7.21. The average Bonchev–Trinajstić information content (AvgIpc) is 2.50. The van der Waals surface area contributed by atoms with Gasteiger partial charge in [-0.3, -0.25) is 9.59 Å². The molecule has 0 spiro atoms. The van der Waals surface area contributed by atoms with Crippen LogP contribution in [0.15, 0.2) is 11.0 Å². The van der Waals surface area contributed by atoms with E-state index in [4.69, 9.17) is 4.74 Å². The Kier molecular flexibility index (Phi) is 5.50. The van der Waals surface area contributed by atoms with Crippen molar-refractivity contribution in [2.24, 2.45) is 0 Å². The van der Waals surface area contributed by atoms with Crippen molar-refractivity contribution < 1.29 is 9.53 Å². The Bertz CT molecular complexity index is 636. The molecule has 0 radical (unpaired) electrons. The number of nitrogens with zero attached hydrogens (tertiary/aromatic N) is 2. The Morgan fingerprint density at radius 2 is 2.00 bits per heavy atom. The molecule has 0 saturated heterocycles. The molecular weight excluding hydrogens is 292 g/mol. The molecule has 0 N–H and O–H groups in total. The van der Waals surface area contributed by atoms with E-state index in [0.717, 1.165) is 32.2 Å². The number of carbonyl (C=O) groups excluding carboxylic acids is 1. The summed E-state index contributed by atoms with van der Waals surface area (Å²) in [5.74, 6) is 0.100. The van der Waals surface area contributed by atoms with Gasteiger partial charge in [-0.25, -0.2) is 0 Å². The zero-order chi connectivity index (χ0) is 17.1. The first-order valence-corrected chi connectivity index (χ1v) is 8.56. The van der Waals surface area contributed by atoms with Gasteiger partial charge in [0.15, 0.2) is 11.4 Å². The van der Waals surface area contributed by atoms with Gasteiger partial charge in [-0.05, 0) is 26.7 Å². The topological polar surface area (TPSA) is 51.5 Å². The summed E-state index contributed by atoms with van der Waals surface area (Å²) in [7, 11) is 1.46. The van der Waals surface area contributed by atoms with Gasteiger partial charge < -0.3 is 14.2 Å². The number of hydrogen-bond acceptors (Lipinski definition) is 3. The molecule has 1 aromatic rings. The number of ether oxygens (including phenoxy) is 1. The molecule has 0 fully saturated rings. The summed E-state index contributed by atoms with van der Waals surface area (Å²) in [5.41, 5.74) is 0.825. The largest absolute Gasteiger partial charge is 0.491 e. The standard InChI is InChI=1S/C18H28N2O3/c1-6-8-13(4)20-14(9-7-2)11-19-10-12(3)16(21)17(23-5)15(19)18(20)22/h10,13-14H,6-9,11H2,1-5H3. The molecule has 2 heterocycles. The Labute approximate surface area is 138 Å². The molecule has 2 rings (SSSR count). The SMILES string of the molecule is CCCC(C)N1C(=O)c2c(OC)c(=O)c(C)cn2CC1CCC. The predicted octanol–water partition coefficient (Wildman–Crippen LogP) is 2.98. The highest BCUT2D eigenvalue weighted by atomic mass is 16.5. The third kappa shape index (κ3) is 3.14. The lowest BCUT2D eigenvalue weighted by Gasteiger charge is -2.41. The van der Waals surface area contributed by atoms with Crippen LogP contribution in [0.5, 0.6) is 5.75 Å². The summed E-state index contributed by atoms with van der Waals surface area (Å²) in [6.07, 6.45) is 5.78. The molecule has 128 valence electrons. The van der Waals surface area contributed by atoms with Gasteiger partial charge in [0.2, 0.25) is 5.43 Å². The van der Waals surface area contributed by atoms with Crippen LogP contribution in [0, 0.1) is 6.92 Å². The van der Waals surface area contributed by atoms with Crippen molar-refractivity contribution in [3.63, 3.8) is 0 Å². The maximum Gasteiger partial charge on any atom is 0.275 e. The summed E-state index contributed by atoms with van der Waals surface area (Å²) in [5, 5.41) is 0. The fourth-order valence-electron chi connectivity index (χ4n) is 3.61. The van der Waals surface area contributed by atoms with Crippen LogP contribution in [0.25, 0.3) is 0 Å². The van der Waals surface area contributed by atoms with Gasteiger partial charge in [0.05, 0.1) is 13.2 Å². The van der Waals surface area contributed by atoms with E-state index in [0.29, 0.717) is 11.3 Å². The van der Waals surface area contributed by atoms with Crippen molar-refractivity contribution in [2.45, 2.75) is 72.0 Å². The molecule has 0 bridgehead atoms. The molecule has 2 atom stereocenters. The lowest BCUT2D eigenvalue weighted by molar-refractivity contribution is 0.0453. The van der Waals surface area contributed by atoms with Gasteiger partial charge in [-0.1, -0.05) is 26.7 Å². The molecule has 5 heteroatoms. The van der Waals surface area contributed by atoms with E-state index in [1.54, 1.807) is 13.1 Å². The second-order valence-corrected chi connectivity index (χ2v) is 6.47. The third-order valence-corrected chi connectivity index (χ3v) is 4.66. The molecule has 1 aliphatic heterocycles. The monoisotopic (exact) mass is 320 g/mol. The number of hydrogen-bond donors (Lipinski definition) is 0. The number of rotatable bonds is 6. The zero-order valence-electron chi connectivity index (χ0n) is 14.9. The fourth-order valence-corrected chi connectivity index (χ4v) is 3.61. The van der Waals surface area contributed by atoms with E-state index in [1.165, 1.54) is 7.11 Å². The summed E-state index contributed by atoms with van der Waals surface area (Å²) in [6, 6.07) is 0.340. The van der Waals surface area contributed by atoms with E-state index in [-0.39, 0.29) is 29.2 Å². The molecule has 1 aromatic heterocycles. The Hall–Kier alpha value is -1.78. The van der Waals surface area contributed by atoms with Crippen molar-refractivity contribution in [3.8, 4) is 5.75 Å². The van der Waals surface area contributed by atoms with Crippen molar-refractivity contribution in [3.05, 3.63) is 27.7 Å². The zero-order valence-corrected chi connectivity index (χ0v) is 14.9. The smallest absolute Gasteiger partial charge is 0.275 e. The molecule has 23 heavy (non-hydrogen) atoms. The van der Waals surface area contributed by atoms with Crippen molar-refractivity contribution in [2.75, 3.05) is 7.11 Å². The molecule has 0 saturated carbocycles. The van der Waals surface area contributed by atoms with Crippen molar-refractivity contribution in [1.29, 1.82) is 0 Å². The maximum absolute atomic E-state index is 13.1. The van der Waals surface area contributed by atoms with E-state index in [9.17, 15) is 9.59 Å². The highest BCUT2D eigenvalue weighted by Gasteiger charge is 2.37. The quantitative estimate of drug-likeness (QED) is 0.809. The number of fused-ring (bicyclic) bond motifs is 1. The van der Waals surface area contributed by atoms with E-state index >= 15 is 0 Å². The van der Waals surface area contributed by atoms with E-state index in [2.05, 4.69) is 20.8 Å². The Morgan fingerprint density at radius 1 is 1.30 bits per heavy atom. The van der Waals surface area contributed by atoms with Gasteiger partial charge >= 0.3 is 0 Å². The molecule has 0 aliphatic carbocycles. The summed E-state index contributed by atoms with van der Waals surface area (Å²) >= 11 is 0. The normalized spacial score (nSPS) is 18.7. The molecule has 5 nitrogen and oxygen atoms in total. The second kappa shape index (κ2) is 7.20. The minimum absolute atomic E-state index is 0.0791. The number of aromatic nitrogens is 1. The van der Waals surface area contributed by atoms with Crippen molar-refractivity contribution in [1.82, 2.24) is 9.47 Å². The van der Waals surface area contributed by atoms with Crippen LogP contribution in [0.3, 0.4) is 0 Å². The van der Waals surface area contributed by atoms with Gasteiger partial charge in [0.25, 0.3) is 5.91 Å². The summed E-state index contributed by atoms with van der Waals surface area (Å²) in [6.45, 7) is 8.85. The second-order valence-electron chi connectivity index (χ2n) is 6.47. The summed E-state index contributed by atoms with van der Waals surface area (Å²) in [4.78, 5) is 27.4. The minimum atomic E-state index is -0.191. The first-order valence-electron chi connectivity index (χ1n) is 8.56. The first-order chi connectivity index (χ1) is 11.0. The maximum atomic E-state index is 13.1. The molecule has 1 aliphatic rings. The lowest BCUT2D eigenvalue weighted by atomic mass is 10.00. The predicted molar refractivity (Wildman–Crippen MR) is 91.2 cm³/mol. The van der Waals surface area contributed by atoms with Crippen LogP contribution < -0.4 is 10.2 Å². The highest BCUT2D eigenvalue weighted by molar-refractivity contribution is 5.96. The van der Waals surface area contributed by atoms with Gasteiger partial charge in [0, 0.05) is 24.3 Å². The number of aryl methyl sites for hydroxylation is 1. The van der Waals surface area contributed by atoms with Crippen LogP contribution in [0.1, 0.15) is 62.5 Å². The lowest BCUT2D eigenvalue weighted by Crippen LogP contribution is -2.53. The van der Waals surface area contributed by atoms with Gasteiger partial charge in [0.1, 0.15) is 0 Å². The fraction of sp³-hybridized carbons (Fsp3) is 0.667. The molecule has 0 aromatic carbocycles. The third-order valence-electron chi connectivity index (χ3n) is 4.66. The molecular formula is C18H28N2O3. The van der Waals surface area contributed by atoms with E-state index < -0.39 is 0 Å². The number of amides is 1. The average molecular weight is 320 g/mol. The van der Waals surface area contributed by atoms with Crippen LogP contribution in [0.4, 0.5) is 0 Å². The van der Waals surface area contributed by atoms with Gasteiger partial charge in [-0.15, -0.1) is 0 Å². The van der Waals surface area contributed by atoms with Crippen LogP contribution in [-0.2, 0) is 6.54 Å². The first kappa shape index (κ1) is 17.6. The molecule has 1 amide bonds. The van der Waals surface area contributed by atoms with Gasteiger partial charge in [-0.2, -0.15) is 0 Å². The number of pyridine rings is 1. The highest BCUT2D eigenvalue weighted by Crippen LogP contribution is 2.28. The Morgan fingerprint density at radius 3 is 2.57 bits per heavy atom. The van der Waals surface area contributed by atoms with Crippen molar-refractivity contribution >= 4 is 5.91 Å². The van der Waals surface area contributed by atoms with Crippen LogP contribution in [-0.4, -0.2) is 34.6 Å². The Balaban J connectivity index is 2.56. The minimum Gasteiger partial charge on any atom is -0.491 e. The number of carbonyl (C=O) groups is 1. The van der Waals surface area contributed by atoms with Crippen LogP contribution >= 0.6 is 0 Å². The number of methoxy groups -OCH3 is 1. The molecule has 2 unspecified atom stereocenters.